The van der Waals surface area contributed by atoms with Gasteiger partial charge in [-0.1, -0.05) is 29.5 Å². The average Bonchev–Trinajstić information content (AvgIpc) is 3.38. The van der Waals surface area contributed by atoms with Gasteiger partial charge in [-0.3, -0.25) is 0 Å². The number of anilines is 2. The lowest BCUT2D eigenvalue weighted by atomic mass is 10.2. The predicted octanol–water partition coefficient (Wildman–Crippen LogP) is 3.26. The van der Waals surface area contributed by atoms with Gasteiger partial charge in [0, 0.05) is 51.3 Å². The smallest absolute Gasteiger partial charge is 0.186 e. The zero-order valence-electron chi connectivity index (χ0n) is 14.9. The molecule has 0 spiro atoms. The highest BCUT2D eigenvalue weighted by atomic mass is 32.1. The molecule has 4 heterocycles. The molecule has 0 atom stereocenters. The molecule has 1 aliphatic heterocycles. The third kappa shape index (κ3) is 3.38. The summed E-state index contributed by atoms with van der Waals surface area (Å²) >= 11 is 1.78. The molecule has 0 N–H and O–H groups in total. The maximum Gasteiger partial charge on any atom is 0.186 e. The molecular formula is C20H20N6S. The van der Waals surface area contributed by atoms with E-state index in [0.717, 1.165) is 49.2 Å². The molecule has 0 radical (unpaired) electrons. The van der Waals surface area contributed by atoms with Gasteiger partial charge in [0.05, 0.1) is 16.5 Å². The molecule has 136 valence electrons. The zero-order chi connectivity index (χ0) is 18.1. The van der Waals surface area contributed by atoms with Gasteiger partial charge < -0.3 is 14.4 Å². The highest BCUT2D eigenvalue weighted by molar-refractivity contribution is 7.22. The fraction of sp³-hybridized carbons (Fsp3) is 0.250. The number of pyridine rings is 1. The predicted molar refractivity (Wildman–Crippen MR) is 110 cm³/mol. The second-order valence-electron chi connectivity index (χ2n) is 6.70. The van der Waals surface area contributed by atoms with Crippen molar-refractivity contribution in [1.82, 2.24) is 19.5 Å². The first-order chi connectivity index (χ1) is 13.3. The number of aromatic nitrogens is 4. The Morgan fingerprint density at radius 2 is 1.81 bits per heavy atom. The minimum absolute atomic E-state index is 0.804. The molecule has 0 amide bonds. The zero-order valence-corrected chi connectivity index (χ0v) is 15.7. The van der Waals surface area contributed by atoms with Gasteiger partial charge in [0.15, 0.2) is 5.13 Å². The van der Waals surface area contributed by atoms with Crippen molar-refractivity contribution < 1.29 is 0 Å². The Kier molecular flexibility index (Phi) is 4.21. The Balaban J connectivity index is 1.23. The van der Waals surface area contributed by atoms with Crippen LogP contribution in [0.15, 0.2) is 61.3 Å². The van der Waals surface area contributed by atoms with E-state index in [2.05, 4.69) is 50.1 Å². The number of hydrogen-bond donors (Lipinski definition) is 0. The van der Waals surface area contributed by atoms with E-state index in [1.807, 2.05) is 29.4 Å². The van der Waals surface area contributed by atoms with Gasteiger partial charge in [-0.15, -0.1) is 0 Å². The fourth-order valence-electron chi connectivity index (χ4n) is 3.41. The maximum absolute atomic E-state index is 4.78. The molecule has 1 saturated heterocycles. The summed E-state index contributed by atoms with van der Waals surface area (Å²) in [7, 11) is 0. The molecule has 1 aromatic carbocycles. The molecule has 3 aromatic heterocycles. The van der Waals surface area contributed by atoms with Crippen LogP contribution in [0.3, 0.4) is 0 Å². The number of hydrogen-bond acceptors (Lipinski definition) is 6. The first-order valence-corrected chi connectivity index (χ1v) is 9.93. The first kappa shape index (κ1) is 16.3. The topological polar surface area (TPSA) is 50.1 Å². The molecular weight excluding hydrogens is 356 g/mol. The van der Waals surface area contributed by atoms with Gasteiger partial charge in [0.25, 0.3) is 0 Å². The van der Waals surface area contributed by atoms with Crippen LogP contribution in [0, 0.1) is 0 Å². The van der Waals surface area contributed by atoms with Gasteiger partial charge in [0.2, 0.25) is 0 Å². The standard InChI is InChI=1S/C20H20N6S/c1-2-4-18-17(3-1)23-20(27-18)26-11-9-25(10-12-26)19-6-5-16(13-22-19)14-24-8-7-21-15-24/h1-8,13,15H,9-12,14H2. The molecule has 6 nitrogen and oxygen atoms in total. The lowest BCUT2D eigenvalue weighted by molar-refractivity contribution is 0.646. The number of thiazole rings is 1. The van der Waals surface area contributed by atoms with E-state index >= 15 is 0 Å². The second-order valence-corrected chi connectivity index (χ2v) is 7.71. The maximum atomic E-state index is 4.78. The van der Waals surface area contributed by atoms with Gasteiger partial charge in [-0.05, 0) is 23.8 Å². The quantitative estimate of drug-likeness (QED) is 0.547. The summed E-state index contributed by atoms with van der Waals surface area (Å²) in [5, 5.41) is 1.12. The summed E-state index contributed by atoms with van der Waals surface area (Å²) in [5.41, 5.74) is 2.28. The third-order valence-corrected chi connectivity index (χ3v) is 5.99. The lowest BCUT2D eigenvalue weighted by Gasteiger charge is -2.35. The van der Waals surface area contributed by atoms with Gasteiger partial charge in [-0.2, -0.15) is 0 Å². The summed E-state index contributed by atoms with van der Waals surface area (Å²) in [5.74, 6) is 1.05. The van der Waals surface area contributed by atoms with E-state index < -0.39 is 0 Å². The van der Waals surface area contributed by atoms with E-state index in [4.69, 9.17) is 4.98 Å². The van der Waals surface area contributed by atoms with Crippen LogP contribution in [-0.4, -0.2) is 45.7 Å². The van der Waals surface area contributed by atoms with Crippen molar-refractivity contribution in [3.05, 3.63) is 66.9 Å². The van der Waals surface area contributed by atoms with Crippen LogP contribution < -0.4 is 9.80 Å². The molecule has 0 unspecified atom stereocenters. The molecule has 4 aromatic rings. The molecule has 7 heteroatoms. The average molecular weight is 376 g/mol. The minimum atomic E-state index is 0.804. The van der Waals surface area contributed by atoms with Crippen molar-refractivity contribution in [3.8, 4) is 0 Å². The van der Waals surface area contributed by atoms with Crippen molar-refractivity contribution in [2.45, 2.75) is 6.54 Å². The third-order valence-electron chi connectivity index (χ3n) is 4.89. The number of fused-ring (bicyclic) bond motifs is 1. The highest BCUT2D eigenvalue weighted by Crippen LogP contribution is 2.29. The largest absolute Gasteiger partial charge is 0.353 e. The molecule has 0 saturated carbocycles. The van der Waals surface area contributed by atoms with Crippen LogP contribution in [-0.2, 0) is 6.54 Å². The minimum Gasteiger partial charge on any atom is -0.353 e. The second kappa shape index (κ2) is 7.00. The van der Waals surface area contributed by atoms with Crippen LogP contribution in [0.5, 0.6) is 0 Å². The Labute approximate surface area is 161 Å². The normalized spacial score (nSPS) is 14.8. The van der Waals surface area contributed by atoms with Gasteiger partial charge in [-0.25, -0.2) is 15.0 Å². The van der Waals surface area contributed by atoms with Gasteiger partial charge >= 0.3 is 0 Å². The monoisotopic (exact) mass is 376 g/mol. The van der Waals surface area contributed by atoms with Crippen LogP contribution in [0.1, 0.15) is 5.56 Å². The Hall–Kier alpha value is -2.93. The van der Waals surface area contributed by atoms with Crippen molar-refractivity contribution in [2.24, 2.45) is 0 Å². The van der Waals surface area contributed by atoms with Crippen LogP contribution >= 0.6 is 11.3 Å². The van der Waals surface area contributed by atoms with Crippen LogP contribution in [0.4, 0.5) is 10.9 Å². The molecule has 5 rings (SSSR count). The van der Waals surface area contributed by atoms with Crippen molar-refractivity contribution in [2.75, 3.05) is 36.0 Å². The summed E-state index contributed by atoms with van der Waals surface area (Å²) in [6.45, 7) is 4.67. The van der Waals surface area contributed by atoms with E-state index in [-0.39, 0.29) is 0 Å². The van der Waals surface area contributed by atoms with E-state index in [0.29, 0.717) is 0 Å². The van der Waals surface area contributed by atoms with Crippen molar-refractivity contribution >= 4 is 32.5 Å². The van der Waals surface area contributed by atoms with E-state index in [1.165, 1.54) is 10.3 Å². The van der Waals surface area contributed by atoms with Gasteiger partial charge in [0.1, 0.15) is 5.82 Å². The van der Waals surface area contributed by atoms with Crippen LogP contribution in [0.25, 0.3) is 10.2 Å². The fourth-order valence-corrected chi connectivity index (χ4v) is 4.43. The molecule has 1 fully saturated rings. The van der Waals surface area contributed by atoms with Crippen molar-refractivity contribution in [1.29, 1.82) is 0 Å². The summed E-state index contributed by atoms with van der Waals surface area (Å²) in [6, 6.07) is 12.6. The lowest BCUT2D eigenvalue weighted by Crippen LogP contribution is -2.46. The van der Waals surface area contributed by atoms with Crippen LogP contribution in [0.2, 0.25) is 0 Å². The number of rotatable bonds is 4. The summed E-state index contributed by atoms with van der Waals surface area (Å²) in [4.78, 5) is 18.3. The summed E-state index contributed by atoms with van der Waals surface area (Å²) < 4.78 is 3.30. The molecule has 0 bridgehead atoms. The molecule has 27 heavy (non-hydrogen) atoms. The molecule has 1 aliphatic rings. The SMILES string of the molecule is c1ccc2sc(N3CCN(c4ccc(Cn5ccnc5)cn4)CC3)nc2c1. The number of benzene rings is 1. The van der Waals surface area contributed by atoms with E-state index in [9.17, 15) is 0 Å². The number of imidazole rings is 1. The van der Waals surface area contributed by atoms with E-state index in [1.54, 1.807) is 17.5 Å². The highest BCUT2D eigenvalue weighted by Gasteiger charge is 2.20. The summed E-state index contributed by atoms with van der Waals surface area (Å²) in [6.07, 6.45) is 7.56. The molecule has 0 aliphatic carbocycles. The number of para-hydroxylation sites is 1. The Bertz CT molecular complexity index is 983. The first-order valence-electron chi connectivity index (χ1n) is 9.11. The Morgan fingerprint density at radius 1 is 0.963 bits per heavy atom. The van der Waals surface area contributed by atoms with Crippen molar-refractivity contribution in [3.63, 3.8) is 0 Å². The Morgan fingerprint density at radius 3 is 2.56 bits per heavy atom. The number of piperazine rings is 1. The number of nitrogens with zero attached hydrogens (tertiary/aromatic N) is 6.